The van der Waals surface area contributed by atoms with Gasteiger partial charge in [0, 0.05) is 38.7 Å². The van der Waals surface area contributed by atoms with Gasteiger partial charge in [-0.3, -0.25) is 9.67 Å². The van der Waals surface area contributed by atoms with Gasteiger partial charge in [0.2, 0.25) is 0 Å². The summed E-state index contributed by atoms with van der Waals surface area (Å²) < 4.78 is 1.63. The Balaban J connectivity index is 1.58. The number of carbonyl (C=O) groups is 1. The SMILES string of the molecule is Cn1cc(NC(=O)NCCCNc2cccnc2)cn1. The smallest absolute Gasteiger partial charge is 0.319 e. The van der Waals surface area contributed by atoms with Gasteiger partial charge >= 0.3 is 6.03 Å². The van der Waals surface area contributed by atoms with E-state index in [4.69, 9.17) is 0 Å². The van der Waals surface area contributed by atoms with E-state index in [1.165, 1.54) is 0 Å². The Morgan fingerprint density at radius 1 is 1.30 bits per heavy atom. The molecule has 7 heteroatoms. The zero-order valence-electron chi connectivity index (χ0n) is 11.3. The summed E-state index contributed by atoms with van der Waals surface area (Å²) in [6.07, 6.45) is 7.67. The first kappa shape index (κ1) is 13.9. The van der Waals surface area contributed by atoms with Crippen molar-refractivity contribution in [2.45, 2.75) is 6.42 Å². The van der Waals surface area contributed by atoms with E-state index in [0.717, 1.165) is 18.7 Å². The molecule has 0 saturated carbocycles. The average molecular weight is 274 g/mol. The molecular formula is C13H18N6O. The molecule has 2 rings (SSSR count). The first-order valence-corrected chi connectivity index (χ1v) is 6.41. The van der Waals surface area contributed by atoms with E-state index in [2.05, 4.69) is 26.0 Å². The number of nitrogens with zero attached hydrogens (tertiary/aromatic N) is 3. The standard InChI is InChI=1S/C13H18N6O/c1-19-10-12(9-17-19)18-13(20)16-7-3-6-15-11-4-2-5-14-8-11/h2,4-5,8-10,15H,3,6-7H2,1H3,(H2,16,18,20). The van der Waals surface area contributed by atoms with Crippen LogP contribution < -0.4 is 16.0 Å². The molecule has 0 aromatic carbocycles. The summed E-state index contributed by atoms with van der Waals surface area (Å²) in [6.45, 7) is 1.37. The molecule has 2 heterocycles. The fourth-order valence-corrected chi connectivity index (χ4v) is 1.65. The summed E-state index contributed by atoms with van der Waals surface area (Å²) in [5.41, 5.74) is 1.66. The second-order valence-corrected chi connectivity index (χ2v) is 4.31. The van der Waals surface area contributed by atoms with Crippen molar-refractivity contribution in [1.29, 1.82) is 0 Å². The number of hydrogen-bond donors (Lipinski definition) is 3. The third-order valence-corrected chi connectivity index (χ3v) is 2.59. The molecule has 0 bridgehead atoms. The zero-order valence-corrected chi connectivity index (χ0v) is 11.3. The average Bonchev–Trinajstić information content (AvgIpc) is 2.85. The van der Waals surface area contributed by atoms with Crippen LogP contribution in [0.25, 0.3) is 0 Å². The highest BCUT2D eigenvalue weighted by atomic mass is 16.2. The van der Waals surface area contributed by atoms with Crippen LogP contribution in [-0.4, -0.2) is 33.9 Å². The molecule has 0 radical (unpaired) electrons. The summed E-state index contributed by atoms with van der Waals surface area (Å²) in [6, 6.07) is 3.61. The van der Waals surface area contributed by atoms with E-state index in [9.17, 15) is 4.79 Å². The fourth-order valence-electron chi connectivity index (χ4n) is 1.65. The normalized spacial score (nSPS) is 10.1. The van der Waals surface area contributed by atoms with Crippen molar-refractivity contribution < 1.29 is 4.79 Å². The maximum Gasteiger partial charge on any atom is 0.319 e. The van der Waals surface area contributed by atoms with Crippen LogP contribution in [0.2, 0.25) is 0 Å². The summed E-state index contributed by atoms with van der Waals surface area (Å²) in [7, 11) is 1.80. The van der Waals surface area contributed by atoms with Gasteiger partial charge in [-0.25, -0.2) is 4.79 Å². The summed E-state index contributed by atoms with van der Waals surface area (Å²) in [5.74, 6) is 0. The monoisotopic (exact) mass is 274 g/mol. The van der Waals surface area contributed by atoms with Crippen molar-refractivity contribution in [3.8, 4) is 0 Å². The number of nitrogens with one attached hydrogen (secondary N) is 3. The minimum absolute atomic E-state index is 0.223. The number of rotatable bonds is 6. The Hall–Kier alpha value is -2.57. The van der Waals surface area contributed by atoms with Crippen LogP contribution >= 0.6 is 0 Å². The van der Waals surface area contributed by atoms with E-state index in [1.54, 1.807) is 36.5 Å². The molecular weight excluding hydrogens is 256 g/mol. The number of carbonyl (C=O) groups excluding carboxylic acids is 1. The van der Waals surface area contributed by atoms with Crippen molar-refractivity contribution >= 4 is 17.4 Å². The molecule has 2 aromatic rings. The van der Waals surface area contributed by atoms with Crippen LogP contribution in [0.15, 0.2) is 36.9 Å². The first-order valence-electron chi connectivity index (χ1n) is 6.41. The largest absolute Gasteiger partial charge is 0.384 e. The third kappa shape index (κ3) is 4.60. The molecule has 7 nitrogen and oxygen atoms in total. The number of amides is 2. The lowest BCUT2D eigenvalue weighted by Gasteiger charge is -2.07. The number of pyridine rings is 1. The molecule has 0 spiro atoms. The van der Waals surface area contributed by atoms with Crippen LogP contribution in [0, 0.1) is 0 Å². The minimum Gasteiger partial charge on any atom is -0.384 e. The van der Waals surface area contributed by atoms with Crippen LogP contribution in [-0.2, 0) is 7.05 Å². The molecule has 0 aliphatic rings. The highest BCUT2D eigenvalue weighted by Crippen LogP contribution is 2.03. The van der Waals surface area contributed by atoms with Gasteiger partial charge in [-0.05, 0) is 18.6 Å². The molecule has 2 amide bonds. The zero-order chi connectivity index (χ0) is 14.2. The summed E-state index contributed by atoms with van der Waals surface area (Å²) >= 11 is 0. The molecule has 2 aromatic heterocycles. The van der Waals surface area contributed by atoms with Gasteiger partial charge in [0.1, 0.15) is 0 Å². The molecule has 106 valence electrons. The lowest BCUT2D eigenvalue weighted by molar-refractivity contribution is 0.252. The second kappa shape index (κ2) is 7.13. The highest BCUT2D eigenvalue weighted by Gasteiger charge is 2.02. The van der Waals surface area contributed by atoms with Gasteiger partial charge in [-0.2, -0.15) is 5.10 Å². The van der Waals surface area contributed by atoms with Crippen molar-refractivity contribution in [3.63, 3.8) is 0 Å². The first-order chi connectivity index (χ1) is 9.74. The lowest BCUT2D eigenvalue weighted by atomic mass is 10.3. The van der Waals surface area contributed by atoms with Crippen molar-refractivity contribution in [1.82, 2.24) is 20.1 Å². The molecule has 0 saturated heterocycles. The molecule has 0 aliphatic heterocycles. The summed E-state index contributed by atoms with van der Waals surface area (Å²) in [4.78, 5) is 15.6. The maximum absolute atomic E-state index is 11.6. The Morgan fingerprint density at radius 2 is 2.20 bits per heavy atom. The number of aryl methyl sites for hydroxylation is 1. The lowest BCUT2D eigenvalue weighted by Crippen LogP contribution is -2.30. The van der Waals surface area contributed by atoms with Gasteiger partial charge < -0.3 is 16.0 Å². The van der Waals surface area contributed by atoms with Crippen LogP contribution in [0.4, 0.5) is 16.2 Å². The summed E-state index contributed by atoms with van der Waals surface area (Å²) in [5, 5.41) is 12.7. The Kier molecular flexibility index (Phi) is 4.94. The van der Waals surface area contributed by atoms with Crippen molar-refractivity contribution in [2.75, 3.05) is 23.7 Å². The molecule has 0 atom stereocenters. The van der Waals surface area contributed by atoms with E-state index in [0.29, 0.717) is 12.2 Å². The minimum atomic E-state index is -0.223. The predicted molar refractivity (Wildman–Crippen MR) is 77.6 cm³/mol. The van der Waals surface area contributed by atoms with Crippen molar-refractivity contribution in [3.05, 3.63) is 36.9 Å². The van der Waals surface area contributed by atoms with Crippen LogP contribution in [0.5, 0.6) is 0 Å². The number of urea groups is 1. The molecule has 0 aliphatic carbocycles. The van der Waals surface area contributed by atoms with Gasteiger partial charge in [0.05, 0.1) is 17.6 Å². The fraction of sp³-hybridized carbons (Fsp3) is 0.308. The van der Waals surface area contributed by atoms with Crippen molar-refractivity contribution in [2.24, 2.45) is 7.05 Å². The van der Waals surface area contributed by atoms with Gasteiger partial charge in [0.15, 0.2) is 0 Å². The molecule has 3 N–H and O–H groups in total. The van der Waals surface area contributed by atoms with E-state index < -0.39 is 0 Å². The maximum atomic E-state index is 11.6. The van der Waals surface area contributed by atoms with Gasteiger partial charge in [-0.15, -0.1) is 0 Å². The predicted octanol–water partition coefficient (Wildman–Crippen LogP) is 1.44. The molecule has 0 fully saturated rings. The van der Waals surface area contributed by atoms with Crippen LogP contribution in [0.1, 0.15) is 6.42 Å². The number of anilines is 2. The van der Waals surface area contributed by atoms with E-state index in [1.807, 2.05) is 12.1 Å². The van der Waals surface area contributed by atoms with E-state index in [-0.39, 0.29) is 6.03 Å². The Morgan fingerprint density at radius 3 is 2.90 bits per heavy atom. The quantitative estimate of drug-likeness (QED) is 0.696. The highest BCUT2D eigenvalue weighted by molar-refractivity contribution is 5.88. The molecule has 20 heavy (non-hydrogen) atoms. The topological polar surface area (TPSA) is 83.9 Å². The Bertz CT molecular complexity index is 539. The molecule has 0 unspecified atom stereocenters. The van der Waals surface area contributed by atoms with E-state index >= 15 is 0 Å². The number of aromatic nitrogens is 3. The number of hydrogen-bond acceptors (Lipinski definition) is 4. The van der Waals surface area contributed by atoms with Crippen LogP contribution in [0.3, 0.4) is 0 Å². The van der Waals surface area contributed by atoms with Gasteiger partial charge in [0.25, 0.3) is 0 Å². The second-order valence-electron chi connectivity index (χ2n) is 4.31. The Labute approximate surface area is 117 Å². The third-order valence-electron chi connectivity index (χ3n) is 2.59. The van der Waals surface area contributed by atoms with Gasteiger partial charge in [-0.1, -0.05) is 0 Å².